The van der Waals surface area contributed by atoms with Gasteiger partial charge in [0.2, 0.25) is 0 Å². The van der Waals surface area contributed by atoms with Gasteiger partial charge in [0.05, 0.1) is 10.6 Å². The van der Waals surface area contributed by atoms with Gasteiger partial charge in [0, 0.05) is 10.1 Å². The molecule has 0 radical (unpaired) electrons. The van der Waals surface area contributed by atoms with E-state index in [0.717, 1.165) is 27.9 Å². The van der Waals surface area contributed by atoms with Crippen molar-refractivity contribution in [1.29, 1.82) is 0 Å². The number of amides is 1. The van der Waals surface area contributed by atoms with Crippen molar-refractivity contribution in [3.05, 3.63) is 32.4 Å². The molecule has 0 aliphatic heterocycles. The Balaban J connectivity index is 1.48. The van der Waals surface area contributed by atoms with Crippen molar-refractivity contribution >= 4 is 40.1 Å². The van der Waals surface area contributed by atoms with Crippen molar-refractivity contribution in [2.75, 3.05) is 6.54 Å². The maximum absolute atomic E-state index is 12.6. The molecule has 3 aliphatic rings. The van der Waals surface area contributed by atoms with E-state index in [1.165, 1.54) is 44.9 Å². The highest BCUT2D eigenvalue weighted by Crippen LogP contribution is 2.58. The molecule has 1 amide bonds. The number of hydrogen-bond acceptors (Lipinski definition) is 1. The van der Waals surface area contributed by atoms with Crippen LogP contribution in [-0.2, 0) is 0 Å². The first kappa shape index (κ1) is 16.2. The molecule has 23 heavy (non-hydrogen) atoms. The van der Waals surface area contributed by atoms with Crippen molar-refractivity contribution in [1.82, 2.24) is 5.32 Å². The summed E-state index contributed by atoms with van der Waals surface area (Å²) in [6.07, 6.45) is 9.59. The molecular weight excluding hydrogens is 421 g/mol. The fourth-order valence-electron chi connectivity index (χ4n) is 5.57. The highest BCUT2D eigenvalue weighted by Gasteiger charge is 2.49. The Labute approximate surface area is 156 Å². The van der Waals surface area contributed by atoms with Crippen LogP contribution in [0.5, 0.6) is 0 Å². The zero-order valence-corrected chi connectivity index (χ0v) is 16.2. The minimum absolute atomic E-state index is 0.0124. The number of carbonyl (C=O) groups is 1. The second kappa shape index (κ2) is 6.21. The third-order valence-electron chi connectivity index (χ3n) is 6.43. The topological polar surface area (TPSA) is 29.1 Å². The largest absolute Gasteiger partial charge is 0.351 e. The van der Waals surface area contributed by atoms with Gasteiger partial charge in [-0.25, -0.2) is 0 Å². The van der Waals surface area contributed by atoms with E-state index in [1.807, 2.05) is 18.2 Å². The zero-order chi connectivity index (χ0) is 16.0. The van der Waals surface area contributed by atoms with Crippen LogP contribution in [0.2, 0.25) is 5.02 Å². The first-order valence-corrected chi connectivity index (χ1v) is 10.2. The molecule has 3 bridgehead atoms. The molecule has 3 aliphatic carbocycles. The average molecular weight is 444 g/mol. The lowest BCUT2D eigenvalue weighted by Gasteiger charge is -2.40. The van der Waals surface area contributed by atoms with Crippen molar-refractivity contribution < 1.29 is 4.79 Å². The summed E-state index contributed by atoms with van der Waals surface area (Å²) in [5.41, 5.74) is 0.961. The molecule has 0 spiro atoms. The second-order valence-electron chi connectivity index (χ2n) is 7.96. The SMILES string of the molecule is O=C(NCC12CCCC3CC(CC3C1)C2)c1cc(I)ccc1Cl. The molecule has 4 unspecified atom stereocenters. The summed E-state index contributed by atoms with van der Waals surface area (Å²) in [5, 5.41) is 3.77. The summed E-state index contributed by atoms with van der Waals surface area (Å²) in [4.78, 5) is 12.6. The van der Waals surface area contributed by atoms with E-state index in [0.29, 0.717) is 16.0 Å². The van der Waals surface area contributed by atoms with E-state index < -0.39 is 0 Å². The fraction of sp³-hybridized carbons (Fsp3) is 0.632. The summed E-state index contributed by atoms with van der Waals surface area (Å²) in [5.74, 6) is 2.80. The van der Waals surface area contributed by atoms with Crippen molar-refractivity contribution in [2.45, 2.75) is 44.9 Å². The van der Waals surface area contributed by atoms with Gasteiger partial charge in [-0.05, 0) is 96.1 Å². The van der Waals surface area contributed by atoms with Gasteiger partial charge in [-0.1, -0.05) is 24.4 Å². The maximum atomic E-state index is 12.6. The Kier molecular flexibility index (Phi) is 4.38. The number of hydrogen-bond donors (Lipinski definition) is 1. The van der Waals surface area contributed by atoms with Crippen LogP contribution in [0.15, 0.2) is 18.2 Å². The minimum Gasteiger partial charge on any atom is -0.351 e. The Morgan fingerprint density at radius 2 is 2.13 bits per heavy atom. The molecular formula is C19H23ClINO. The predicted molar refractivity (Wildman–Crippen MR) is 102 cm³/mol. The van der Waals surface area contributed by atoms with Crippen LogP contribution in [0.3, 0.4) is 0 Å². The van der Waals surface area contributed by atoms with Crippen LogP contribution in [0, 0.1) is 26.7 Å². The lowest BCUT2D eigenvalue weighted by molar-refractivity contribution is 0.0854. The molecule has 3 fully saturated rings. The van der Waals surface area contributed by atoms with E-state index in [4.69, 9.17) is 11.6 Å². The van der Waals surface area contributed by atoms with Gasteiger partial charge in [-0.15, -0.1) is 0 Å². The van der Waals surface area contributed by atoms with Gasteiger partial charge >= 0.3 is 0 Å². The standard InChI is InChI=1S/C19H23ClINO/c20-17-4-3-15(21)8-16(17)18(23)22-11-19-5-1-2-13-6-12(9-19)7-14(13)10-19/h3-4,8,12-14H,1-2,5-7,9-11H2,(H,22,23). The lowest BCUT2D eigenvalue weighted by atomic mass is 9.67. The molecule has 4 heteroatoms. The quantitative estimate of drug-likeness (QED) is 0.633. The highest BCUT2D eigenvalue weighted by atomic mass is 127. The first-order valence-electron chi connectivity index (χ1n) is 8.78. The number of nitrogens with one attached hydrogen (secondary N) is 1. The summed E-state index contributed by atoms with van der Waals surface area (Å²) in [6.45, 7) is 0.827. The van der Waals surface area contributed by atoms with Gasteiger partial charge in [0.25, 0.3) is 5.91 Å². The number of benzene rings is 1. The van der Waals surface area contributed by atoms with Gasteiger partial charge in [0.1, 0.15) is 0 Å². The first-order chi connectivity index (χ1) is 11.0. The molecule has 0 heterocycles. The second-order valence-corrected chi connectivity index (χ2v) is 9.62. The maximum Gasteiger partial charge on any atom is 0.252 e. The third-order valence-corrected chi connectivity index (χ3v) is 7.44. The van der Waals surface area contributed by atoms with Crippen LogP contribution >= 0.6 is 34.2 Å². The van der Waals surface area contributed by atoms with Gasteiger partial charge in [0.15, 0.2) is 0 Å². The Hall–Kier alpha value is -0.290. The Morgan fingerprint density at radius 3 is 3.00 bits per heavy atom. The van der Waals surface area contributed by atoms with E-state index in [1.54, 1.807) is 0 Å². The van der Waals surface area contributed by atoms with Crippen LogP contribution in [0.4, 0.5) is 0 Å². The van der Waals surface area contributed by atoms with Crippen molar-refractivity contribution in [3.63, 3.8) is 0 Å². The summed E-state index contributed by atoms with van der Waals surface area (Å²) in [7, 11) is 0. The molecule has 1 aromatic carbocycles. The van der Waals surface area contributed by atoms with E-state index in [2.05, 4.69) is 27.9 Å². The molecule has 0 saturated heterocycles. The highest BCUT2D eigenvalue weighted by molar-refractivity contribution is 14.1. The van der Waals surface area contributed by atoms with Gasteiger partial charge < -0.3 is 5.32 Å². The van der Waals surface area contributed by atoms with Crippen LogP contribution in [-0.4, -0.2) is 12.5 Å². The minimum atomic E-state index is -0.0124. The van der Waals surface area contributed by atoms with Crippen molar-refractivity contribution in [3.8, 4) is 0 Å². The van der Waals surface area contributed by atoms with Gasteiger partial charge in [-0.3, -0.25) is 4.79 Å². The number of halogens is 2. The number of fused-ring (bicyclic) bond motifs is 2. The van der Waals surface area contributed by atoms with E-state index in [9.17, 15) is 4.79 Å². The predicted octanol–water partition coefficient (Wildman–Crippen LogP) is 5.28. The molecule has 124 valence electrons. The van der Waals surface area contributed by atoms with Gasteiger partial charge in [-0.2, -0.15) is 0 Å². The smallest absolute Gasteiger partial charge is 0.252 e. The molecule has 1 N–H and O–H groups in total. The summed E-state index contributed by atoms with van der Waals surface area (Å²) >= 11 is 8.43. The lowest BCUT2D eigenvalue weighted by Crippen LogP contribution is -2.41. The third kappa shape index (κ3) is 3.15. The van der Waals surface area contributed by atoms with Crippen LogP contribution < -0.4 is 5.32 Å². The Morgan fingerprint density at radius 1 is 1.30 bits per heavy atom. The average Bonchev–Trinajstić information content (AvgIpc) is 2.74. The Bertz CT molecular complexity index is 634. The molecule has 4 rings (SSSR count). The van der Waals surface area contributed by atoms with E-state index >= 15 is 0 Å². The zero-order valence-electron chi connectivity index (χ0n) is 13.3. The van der Waals surface area contributed by atoms with Crippen LogP contribution in [0.25, 0.3) is 0 Å². The summed E-state index contributed by atoms with van der Waals surface area (Å²) in [6, 6.07) is 5.62. The normalized spacial score (nSPS) is 35.1. The monoisotopic (exact) mass is 443 g/mol. The summed E-state index contributed by atoms with van der Waals surface area (Å²) < 4.78 is 1.04. The molecule has 2 nitrogen and oxygen atoms in total. The molecule has 3 saturated carbocycles. The molecule has 1 aromatic rings. The fourth-order valence-corrected chi connectivity index (χ4v) is 6.26. The molecule has 0 aromatic heterocycles. The van der Waals surface area contributed by atoms with Crippen LogP contribution in [0.1, 0.15) is 55.3 Å². The number of rotatable bonds is 3. The van der Waals surface area contributed by atoms with Crippen molar-refractivity contribution in [2.24, 2.45) is 23.2 Å². The molecule has 4 atom stereocenters. The van der Waals surface area contributed by atoms with E-state index in [-0.39, 0.29) is 5.91 Å². The number of carbonyl (C=O) groups excluding carboxylic acids is 1.